The molecule has 0 atom stereocenters. The van der Waals surface area contributed by atoms with E-state index in [9.17, 15) is 29.4 Å². The minimum Gasteiger partial charge on any atom is -0.491 e. The molecule has 4 N–H and O–H groups in total. The van der Waals surface area contributed by atoms with Crippen molar-refractivity contribution in [3.63, 3.8) is 0 Å². The highest BCUT2D eigenvalue weighted by Gasteiger charge is 2.24. The number of aryl methyl sites for hydroxylation is 4. The summed E-state index contributed by atoms with van der Waals surface area (Å²) in [5.74, 6) is -1.08. The number of fused-ring (bicyclic) bond motifs is 2. The standard InChI is InChI=1S/C36H37N9O9/c1-5-23-29(53-19(3)38-23)32(48)42-35-40-25-14-21(18-47)15-27(52-13-9-12-46)28(25)44(35)10-7-8-11-45-31-26(16-22(17-37-31)34(50)51)41-36(45)43-33(49)30-24(6-2)39-20(4)54-30/h7-8,14-18,46H,5-6,9-13H2,1-4H3,(H,50,51)(H,40,42,48)(H,41,43,49)/b8-7+. The van der Waals surface area contributed by atoms with Gasteiger partial charge in [-0.2, -0.15) is 0 Å². The fourth-order valence-electron chi connectivity index (χ4n) is 5.80. The zero-order valence-electron chi connectivity index (χ0n) is 29.9. The molecule has 18 nitrogen and oxygen atoms in total. The number of oxazole rings is 2. The second kappa shape index (κ2) is 15.9. The van der Waals surface area contributed by atoms with E-state index in [2.05, 4.69) is 35.6 Å². The third-order valence-corrected chi connectivity index (χ3v) is 8.24. The highest BCUT2D eigenvalue weighted by molar-refractivity contribution is 6.04. The fraction of sp³-hybridized carbons (Fsp3) is 0.306. The van der Waals surface area contributed by atoms with Gasteiger partial charge in [0.1, 0.15) is 23.1 Å². The van der Waals surface area contributed by atoms with Gasteiger partial charge in [-0.3, -0.25) is 29.6 Å². The van der Waals surface area contributed by atoms with E-state index < -0.39 is 17.8 Å². The summed E-state index contributed by atoms with van der Waals surface area (Å²) in [5, 5.41) is 24.5. The molecule has 0 spiro atoms. The number of ether oxygens (including phenoxy) is 1. The number of carboxylic acids is 1. The van der Waals surface area contributed by atoms with Crippen LogP contribution >= 0.6 is 0 Å². The monoisotopic (exact) mass is 739 g/mol. The fourth-order valence-corrected chi connectivity index (χ4v) is 5.80. The molecule has 280 valence electrons. The number of carbonyl (C=O) groups excluding carboxylic acids is 3. The highest BCUT2D eigenvalue weighted by Crippen LogP contribution is 2.31. The number of rotatable bonds is 16. The molecule has 0 saturated carbocycles. The molecule has 0 bridgehead atoms. The molecule has 1 aromatic carbocycles. The number of aromatic nitrogens is 7. The van der Waals surface area contributed by atoms with Crippen molar-refractivity contribution >= 4 is 58.2 Å². The molecule has 6 aromatic rings. The van der Waals surface area contributed by atoms with Crippen molar-refractivity contribution in [3.05, 3.63) is 82.4 Å². The number of aldehydes is 1. The lowest BCUT2D eigenvalue weighted by atomic mass is 10.2. The van der Waals surface area contributed by atoms with Crippen LogP contribution in [0.3, 0.4) is 0 Å². The van der Waals surface area contributed by atoms with E-state index in [0.29, 0.717) is 76.7 Å². The average Bonchev–Trinajstić information content (AvgIpc) is 3.92. The summed E-state index contributed by atoms with van der Waals surface area (Å²) in [5.41, 5.74) is 2.55. The zero-order chi connectivity index (χ0) is 38.5. The van der Waals surface area contributed by atoms with E-state index >= 15 is 0 Å². The van der Waals surface area contributed by atoms with Crippen molar-refractivity contribution in [3.8, 4) is 5.75 Å². The topological polar surface area (TPSA) is 243 Å². The largest absolute Gasteiger partial charge is 0.491 e. The number of carbonyl (C=O) groups is 4. The van der Waals surface area contributed by atoms with Crippen molar-refractivity contribution in [2.24, 2.45) is 0 Å². The lowest BCUT2D eigenvalue weighted by molar-refractivity contribution is 0.0696. The molecule has 0 fully saturated rings. The number of nitrogens with one attached hydrogen (secondary N) is 2. The maximum atomic E-state index is 13.5. The van der Waals surface area contributed by atoms with E-state index in [4.69, 9.17) is 13.6 Å². The van der Waals surface area contributed by atoms with Crippen LogP contribution in [0.2, 0.25) is 0 Å². The Morgan fingerprint density at radius 2 is 1.44 bits per heavy atom. The number of anilines is 2. The number of hydrogen-bond acceptors (Lipinski definition) is 13. The van der Waals surface area contributed by atoms with Crippen LogP contribution in [0.1, 0.15) is 85.3 Å². The first-order valence-electron chi connectivity index (χ1n) is 17.1. The summed E-state index contributed by atoms with van der Waals surface area (Å²) < 4.78 is 20.4. The van der Waals surface area contributed by atoms with Crippen LogP contribution < -0.4 is 15.4 Å². The second-order valence-electron chi connectivity index (χ2n) is 12.0. The smallest absolute Gasteiger partial charge is 0.337 e. The van der Waals surface area contributed by atoms with Crippen LogP contribution in [0.15, 0.2) is 45.4 Å². The first kappa shape index (κ1) is 37.1. The molecule has 6 rings (SSSR count). The Morgan fingerprint density at radius 1 is 0.852 bits per heavy atom. The Kier molecular flexibility index (Phi) is 10.9. The minimum absolute atomic E-state index is 0.0335. The van der Waals surface area contributed by atoms with Crippen LogP contribution in [0.5, 0.6) is 5.75 Å². The number of aliphatic hydroxyl groups is 1. The van der Waals surface area contributed by atoms with Gasteiger partial charge in [-0.1, -0.05) is 26.0 Å². The number of carboxylic acid groups (broad SMARTS) is 1. The molecule has 5 aromatic heterocycles. The van der Waals surface area contributed by atoms with Gasteiger partial charge in [0.15, 0.2) is 17.4 Å². The van der Waals surface area contributed by atoms with Crippen LogP contribution in [0.25, 0.3) is 22.2 Å². The van der Waals surface area contributed by atoms with Crippen LogP contribution in [0, 0.1) is 13.8 Å². The third kappa shape index (κ3) is 7.58. The predicted octanol–water partition coefficient (Wildman–Crippen LogP) is 4.53. The van der Waals surface area contributed by atoms with Crippen LogP contribution in [-0.4, -0.2) is 81.6 Å². The number of amides is 2. The molecule has 0 aliphatic heterocycles. The zero-order valence-corrected chi connectivity index (χ0v) is 29.9. The third-order valence-electron chi connectivity index (χ3n) is 8.24. The number of aromatic carboxylic acids is 1. The van der Waals surface area contributed by atoms with Crippen molar-refractivity contribution in [2.45, 2.75) is 60.0 Å². The Morgan fingerprint density at radius 3 is 2.02 bits per heavy atom. The summed E-state index contributed by atoms with van der Waals surface area (Å²) in [4.78, 5) is 72.3. The molecule has 18 heteroatoms. The van der Waals surface area contributed by atoms with E-state index in [1.165, 1.54) is 12.3 Å². The average molecular weight is 740 g/mol. The number of aliphatic hydroxyl groups excluding tert-OH is 1. The summed E-state index contributed by atoms with van der Waals surface area (Å²) in [6.45, 7) is 7.26. The summed E-state index contributed by atoms with van der Waals surface area (Å²) in [7, 11) is 0. The number of hydrogen-bond donors (Lipinski definition) is 4. The lowest BCUT2D eigenvalue weighted by Gasteiger charge is -2.12. The minimum atomic E-state index is -1.19. The molecule has 5 heterocycles. The van der Waals surface area contributed by atoms with E-state index in [1.54, 1.807) is 47.3 Å². The SMILES string of the molecule is CCc1nc(C)oc1C(=O)Nc1nc2cc(C(=O)O)cnc2n1C/C=C/Cn1c(NC(=O)c2oc(C)nc2CC)nc2cc(C=O)cc(OCCCO)c21. The quantitative estimate of drug-likeness (QED) is 0.0606. The van der Waals surface area contributed by atoms with Crippen molar-refractivity contribution in [2.75, 3.05) is 23.8 Å². The summed E-state index contributed by atoms with van der Waals surface area (Å²) >= 11 is 0. The van der Waals surface area contributed by atoms with Crippen LogP contribution in [-0.2, 0) is 25.9 Å². The highest BCUT2D eigenvalue weighted by atomic mass is 16.5. The summed E-state index contributed by atoms with van der Waals surface area (Å²) in [6.07, 6.45) is 6.65. The molecule has 0 saturated heterocycles. The van der Waals surface area contributed by atoms with Gasteiger partial charge in [0.25, 0.3) is 11.8 Å². The predicted molar refractivity (Wildman–Crippen MR) is 193 cm³/mol. The van der Waals surface area contributed by atoms with Gasteiger partial charge >= 0.3 is 5.97 Å². The van der Waals surface area contributed by atoms with Crippen molar-refractivity contribution < 1.29 is 43.0 Å². The molecule has 2 amide bonds. The Hall–Kier alpha value is -6.69. The molecule has 0 radical (unpaired) electrons. The Bertz CT molecular complexity index is 2420. The van der Waals surface area contributed by atoms with Gasteiger partial charge in [-0.05, 0) is 31.0 Å². The maximum absolute atomic E-state index is 13.5. The first-order valence-corrected chi connectivity index (χ1v) is 17.1. The number of nitrogens with zero attached hydrogens (tertiary/aromatic N) is 7. The Labute approximate surface area is 306 Å². The van der Waals surface area contributed by atoms with E-state index in [-0.39, 0.29) is 60.8 Å². The van der Waals surface area contributed by atoms with Gasteiger partial charge in [-0.15, -0.1) is 0 Å². The van der Waals surface area contributed by atoms with Crippen molar-refractivity contribution in [1.29, 1.82) is 0 Å². The molecule has 0 aliphatic carbocycles. The van der Waals surface area contributed by atoms with Gasteiger partial charge in [-0.25, -0.2) is 29.7 Å². The van der Waals surface area contributed by atoms with E-state index in [0.717, 1.165) is 0 Å². The molecular formula is C36H37N9O9. The molecule has 54 heavy (non-hydrogen) atoms. The number of pyridine rings is 1. The van der Waals surface area contributed by atoms with Crippen LogP contribution in [0.4, 0.5) is 11.9 Å². The second-order valence-corrected chi connectivity index (χ2v) is 12.0. The maximum Gasteiger partial charge on any atom is 0.337 e. The summed E-state index contributed by atoms with van der Waals surface area (Å²) in [6, 6.07) is 4.48. The van der Waals surface area contributed by atoms with Crippen molar-refractivity contribution in [1.82, 2.24) is 34.1 Å². The van der Waals surface area contributed by atoms with Gasteiger partial charge in [0.05, 0.1) is 29.1 Å². The Balaban J connectivity index is 1.36. The van der Waals surface area contributed by atoms with Gasteiger partial charge < -0.3 is 28.4 Å². The van der Waals surface area contributed by atoms with Gasteiger partial charge in [0, 0.05) is 51.7 Å². The number of allylic oxidation sites excluding steroid dienone is 2. The molecule has 0 aliphatic rings. The normalized spacial score (nSPS) is 11.5. The number of benzene rings is 1. The van der Waals surface area contributed by atoms with Gasteiger partial charge in [0.2, 0.25) is 23.4 Å². The number of imidazole rings is 2. The van der Waals surface area contributed by atoms with E-state index in [1.807, 2.05) is 13.8 Å². The molecule has 0 unspecified atom stereocenters. The lowest BCUT2D eigenvalue weighted by Crippen LogP contribution is -2.17. The first-order chi connectivity index (χ1) is 26.0. The molecular weight excluding hydrogens is 702 g/mol.